The maximum Gasteiger partial charge on any atom is 0.0563 e. The minimum absolute atomic E-state index is 0.678. The van der Waals surface area contributed by atoms with Gasteiger partial charge in [-0.3, -0.25) is 0 Å². The first-order chi connectivity index (χ1) is 18.1. The van der Waals surface area contributed by atoms with Crippen LogP contribution in [0.5, 0.6) is 0 Å². The Kier molecular flexibility index (Phi) is 32.2. The Morgan fingerprint density at radius 2 is 0.568 bits per heavy atom. The topological polar surface area (TPSA) is 18.5 Å². The van der Waals surface area contributed by atoms with Crippen LogP contribution >= 0.6 is 5.69 Å². The zero-order valence-corrected chi connectivity index (χ0v) is 27.8. The number of hydrogen-bond donors (Lipinski definition) is 0. The summed E-state index contributed by atoms with van der Waals surface area (Å²) in [6.45, 7) is 5.93. The summed E-state index contributed by atoms with van der Waals surface area (Å²) in [5.41, 5.74) is -2.45. The van der Waals surface area contributed by atoms with E-state index in [9.17, 15) is 0 Å². The van der Waals surface area contributed by atoms with Gasteiger partial charge in [0.15, 0.2) is 0 Å². The third kappa shape index (κ3) is 33.0. The minimum atomic E-state index is -2.45. The van der Waals surface area contributed by atoms with Gasteiger partial charge in [0, 0.05) is 0 Å². The highest BCUT2D eigenvalue weighted by molar-refractivity contribution is 8.51. The van der Waals surface area contributed by atoms with Crippen LogP contribution in [0.4, 0.5) is 0 Å². The van der Waals surface area contributed by atoms with E-state index in [1.807, 2.05) is 0 Å². The number of unbranched alkanes of at least 4 members (excludes halogenated alkanes) is 26. The highest BCUT2D eigenvalue weighted by atomic mass is 32.9. The highest BCUT2D eigenvalue weighted by Crippen LogP contribution is 2.46. The molecule has 0 aromatic heterocycles. The molecule has 0 amide bonds. The largest absolute Gasteiger partial charge is 0.691 e. The second-order valence-electron chi connectivity index (χ2n) is 11.3. The Morgan fingerprint density at radius 3 is 0.784 bits per heavy atom. The SMILES string of the molecule is CCCCCCCCCCCCCCCCOP(=S)([S-])OCCCCCCCCCCCCCCCC. The van der Waals surface area contributed by atoms with Crippen LogP contribution in [0.15, 0.2) is 0 Å². The molecule has 0 aromatic carbocycles. The van der Waals surface area contributed by atoms with Gasteiger partial charge in [-0.1, -0.05) is 193 Å². The lowest BCUT2D eigenvalue weighted by atomic mass is 10.0. The van der Waals surface area contributed by atoms with Gasteiger partial charge in [-0.25, -0.2) is 0 Å². The molecule has 0 saturated carbocycles. The summed E-state index contributed by atoms with van der Waals surface area (Å²) in [5, 5.41) is 0. The average Bonchev–Trinajstić information content (AvgIpc) is 2.88. The van der Waals surface area contributed by atoms with Crippen LogP contribution in [0.1, 0.15) is 194 Å². The number of hydrogen-bond acceptors (Lipinski definition) is 4. The first-order valence-corrected chi connectivity index (χ1v) is 20.4. The first kappa shape index (κ1) is 37.9. The Hall–Kier alpha value is 0.920. The molecule has 0 unspecified atom stereocenters. The second-order valence-corrected chi connectivity index (χ2v) is 16.3. The molecule has 5 heteroatoms. The summed E-state index contributed by atoms with van der Waals surface area (Å²) in [4.78, 5) is 0. The maximum atomic E-state index is 5.77. The Balaban J connectivity index is 3.28. The van der Waals surface area contributed by atoms with E-state index in [-0.39, 0.29) is 0 Å². The van der Waals surface area contributed by atoms with E-state index in [2.05, 4.69) is 13.8 Å². The van der Waals surface area contributed by atoms with Crippen LogP contribution in [-0.2, 0) is 33.1 Å². The van der Waals surface area contributed by atoms with Crippen molar-refractivity contribution in [2.75, 3.05) is 13.2 Å². The summed E-state index contributed by atoms with van der Waals surface area (Å²) in [5.74, 6) is 0. The van der Waals surface area contributed by atoms with Crippen molar-refractivity contribution in [1.82, 2.24) is 0 Å². The van der Waals surface area contributed by atoms with Crippen molar-refractivity contribution in [3.8, 4) is 0 Å². The van der Waals surface area contributed by atoms with Crippen LogP contribution in [0.2, 0.25) is 0 Å². The summed E-state index contributed by atoms with van der Waals surface area (Å²) >= 11 is 10.8. The van der Waals surface area contributed by atoms with Crippen LogP contribution < -0.4 is 0 Å². The standard InChI is InChI=1S/C32H67O2PS2/c1-3-5-7-9-11-13-15-17-19-21-23-25-27-29-31-33-35(36,37)34-32-30-28-26-24-22-20-18-16-14-12-10-8-6-4-2/h3-32H2,1-2H3,(H,36,37)/p-1. The van der Waals surface area contributed by atoms with Gasteiger partial charge in [0.05, 0.1) is 18.9 Å². The molecule has 0 radical (unpaired) electrons. The molecule has 0 bridgehead atoms. The lowest BCUT2D eigenvalue weighted by Gasteiger charge is -2.28. The van der Waals surface area contributed by atoms with Crippen molar-refractivity contribution in [2.24, 2.45) is 0 Å². The zero-order chi connectivity index (χ0) is 27.1. The quantitative estimate of drug-likeness (QED) is 0.0449. The molecule has 0 N–H and O–H groups in total. The predicted octanol–water partition coefficient (Wildman–Crippen LogP) is 12.8. The van der Waals surface area contributed by atoms with Gasteiger partial charge in [-0.05, 0) is 12.8 Å². The molecule has 0 heterocycles. The highest BCUT2D eigenvalue weighted by Gasteiger charge is 2.02. The summed E-state index contributed by atoms with van der Waals surface area (Å²) in [7, 11) is 0. The predicted molar refractivity (Wildman–Crippen MR) is 174 cm³/mol. The Morgan fingerprint density at radius 1 is 0.378 bits per heavy atom. The molecular weight excluding hydrogens is 511 g/mol. The molecule has 2 nitrogen and oxygen atoms in total. The smallest absolute Gasteiger partial charge is 0.0563 e. The third-order valence-electron chi connectivity index (χ3n) is 7.49. The lowest BCUT2D eigenvalue weighted by Crippen LogP contribution is -1.97. The fraction of sp³-hybridized carbons (Fsp3) is 1.00. The maximum absolute atomic E-state index is 5.77. The van der Waals surface area contributed by atoms with Gasteiger partial charge < -0.3 is 21.3 Å². The molecule has 224 valence electrons. The molecule has 0 fully saturated rings. The molecule has 0 aliphatic rings. The van der Waals surface area contributed by atoms with Gasteiger partial charge in [0.2, 0.25) is 0 Å². The van der Waals surface area contributed by atoms with Gasteiger partial charge in [-0.15, -0.1) is 0 Å². The fourth-order valence-corrected chi connectivity index (χ4v) is 6.66. The van der Waals surface area contributed by atoms with Crippen LogP contribution in [0.3, 0.4) is 0 Å². The molecule has 0 aliphatic heterocycles. The third-order valence-corrected chi connectivity index (χ3v) is 9.76. The van der Waals surface area contributed by atoms with E-state index in [0.29, 0.717) is 13.2 Å². The van der Waals surface area contributed by atoms with Gasteiger partial charge in [0.1, 0.15) is 0 Å². The molecule has 0 atom stereocenters. The minimum Gasteiger partial charge on any atom is -0.691 e. The van der Waals surface area contributed by atoms with E-state index >= 15 is 0 Å². The van der Waals surface area contributed by atoms with E-state index in [1.165, 1.54) is 167 Å². The molecule has 0 aromatic rings. The summed E-state index contributed by atoms with van der Waals surface area (Å²) in [6, 6.07) is 0. The summed E-state index contributed by atoms with van der Waals surface area (Å²) < 4.78 is 11.5. The Labute approximate surface area is 244 Å². The van der Waals surface area contributed by atoms with Crippen LogP contribution in [0, 0.1) is 0 Å². The molecule has 0 saturated heterocycles. The van der Waals surface area contributed by atoms with E-state index < -0.39 is 5.69 Å². The monoisotopic (exact) mass is 577 g/mol. The van der Waals surface area contributed by atoms with Gasteiger partial charge in [0.25, 0.3) is 0 Å². The van der Waals surface area contributed by atoms with Crippen molar-refractivity contribution in [3.05, 3.63) is 0 Å². The number of rotatable bonds is 32. The molecule has 0 rings (SSSR count). The fourth-order valence-electron chi connectivity index (χ4n) is 4.98. The molecule has 37 heavy (non-hydrogen) atoms. The van der Waals surface area contributed by atoms with Crippen LogP contribution in [-0.4, -0.2) is 13.2 Å². The van der Waals surface area contributed by atoms with Crippen molar-refractivity contribution >= 4 is 29.7 Å². The van der Waals surface area contributed by atoms with Crippen molar-refractivity contribution < 1.29 is 9.05 Å². The summed E-state index contributed by atoms with van der Waals surface area (Å²) in [6.07, 6.45) is 38.3. The van der Waals surface area contributed by atoms with Crippen LogP contribution in [0.25, 0.3) is 0 Å². The van der Waals surface area contributed by atoms with Gasteiger partial charge >= 0.3 is 0 Å². The zero-order valence-electron chi connectivity index (χ0n) is 25.3. The average molecular weight is 578 g/mol. The first-order valence-electron chi connectivity index (χ1n) is 16.7. The Bertz CT molecular complexity index is 438. The van der Waals surface area contributed by atoms with Crippen molar-refractivity contribution in [3.63, 3.8) is 0 Å². The normalized spacial score (nSPS) is 12.0. The van der Waals surface area contributed by atoms with Crippen molar-refractivity contribution in [2.45, 2.75) is 194 Å². The molecule has 0 aliphatic carbocycles. The van der Waals surface area contributed by atoms with E-state index in [4.69, 9.17) is 33.1 Å². The van der Waals surface area contributed by atoms with E-state index in [0.717, 1.165) is 12.8 Å². The molecular formula is C32H66O2PS2-. The second kappa shape index (κ2) is 31.4. The van der Waals surface area contributed by atoms with Crippen molar-refractivity contribution in [1.29, 1.82) is 0 Å². The van der Waals surface area contributed by atoms with E-state index in [1.54, 1.807) is 0 Å². The van der Waals surface area contributed by atoms with Gasteiger partial charge in [-0.2, -0.15) is 0 Å². The molecule has 0 spiro atoms. The lowest BCUT2D eigenvalue weighted by molar-refractivity contribution is 0.249.